The number of carbonyl (C=O) groups excluding carboxylic acids is 1. The maximum absolute atomic E-state index is 12.0. The topological polar surface area (TPSA) is 80.0 Å². The van der Waals surface area contributed by atoms with Gasteiger partial charge in [0.2, 0.25) is 0 Å². The Morgan fingerprint density at radius 3 is 3.11 bits per heavy atom. The van der Waals surface area contributed by atoms with Crippen molar-refractivity contribution in [1.29, 1.82) is 0 Å². The lowest BCUT2D eigenvalue weighted by Gasteiger charge is -2.16. The molecule has 6 heteroatoms. The lowest BCUT2D eigenvalue weighted by molar-refractivity contribution is 0.0952. The van der Waals surface area contributed by atoms with Crippen molar-refractivity contribution in [3.05, 3.63) is 10.6 Å². The molecule has 0 unspecified atom stereocenters. The van der Waals surface area contributed by atoms with Crippen LogP contribution in [0.15, 0.2) is 0 Å². The highest BCUT2D eigenvalue weighted by Crippen LogP contribution is 2.19. The lowest BCUT2D eigenvalue weighted by Crippen LogP contribution is -2.40. The molecule has 1 aromatic heterocycles. The van der Waals surface area contributed by atoms with Gasteiger partial charge < -0.3 is 16.4 Å². The Labute approximate surface area is 111 Å². The quantitative estimate of drug-likeness (QED) is 0.772. The molecule has 1 amide bonds. The van der Waals surface area contributed by atoms with E-state index in [1.165, 1.54) is 30.6 Å². The van der Waals surface area contributed by atoms with E-state index in [2.05, 4.69) is 15.6 Å². The molecule has 1 aliphatic heterocycles. The van der Waals surface area contributed by atoms with Gasteiger partial charge in [0.05, 0.1) is 5.69 Å². The minimum Gasteiger partial charge on any atom is -0.375 e. The molecule has 100 valence electrons. The minimum absolute atomic E-state index is 0.0623. The molecule has 0 bridgehead atoms. The van der Waals surface area contributed by atoms with E-state index < -0.39 is 0 Å². The molecule has 0 aromatic carbocycles. The van der Waals surface area contributed by atoms with E-state index in [0.717, 1.165) is 13.0 Å². The van der Waals surface area contributed by atoms with Crippen LogP contribution in [0.2, 0.25) is 0 Å². The van der Waals surface area contributed by atoms with Crippen LogP contribution < -0.4 is 16.4 Å². The SMILES string of the molecule is Cc1nc(N)sc1C(=O)NC[C@H]1CCCCCN1. The van der Waals surface area contributed by atoms with Gasteiger partial charge in [-0.25, -0.2) is 4.98 Å². The number of anilines is 1. The Morgan fingerprint density at radius 1 is 1.56 bits per heavy atom. The van der Waals surface area contributed by atoms with E-state index in [9.17, 15) is 4.79 Å². The van der Waals surface area contributed by atoms with Crippen LogP contribution in [0.1, 0.15) is 41.0 Å². The number of thiazole rings is 1. The van der Waals surface area contributed by atoms with Gasteiger partial charge in [-0.05, 0) is 26.3 Å². The number of carbonyl (C=O) groups is 1. The molecule has 1 fully saturated rings. The second-order valence-electron chi connectivity index (χ2n) is 4.68. The molecular formula is C12H20N4OS. The maximum atomic E-state index is 12.0. The fraction of sp³-hybridized carbons (Fsp3) is 0.667. The smallest absolute Gasteiger partial charge is 0.263 e. The van der Waals surface area contributed by atoms with Crippen molar-refractivity contribution in [2.75, 3.05) is 18.8 Å². The second kappa shape index (κ2) is 6.15. The number of aromatic nitrogens is 1. The summed E-state index contributed by atoms with van der Waals surface area (Å²) in [5, 5.41) is 6.87. The molecule has 4 N–H and O–H groups in total. The average molecular weight is 268 g/mol. The molecule has 1 aromatic rings. The van der Waals surface area contributed by atoms with Gasteiger partial charge in [0, 0.05) is 12.6 Å². The van der Waals surface area contributed by atoms with Crippen molar-refractivity contribution >= 4 is 22.4 Å². The summed E-state index contributed by atoms with van der Waals surface area (Å²) in [6.07, 6.45) is 4.88. The number of nitrogen functional groups attached to an aromatic ring is 1. The van der Waals surface area contributed by atoms with Crippen molar-refractivity contribution in [2.24, 2.45) is 0 Å². The zero-order valence-electron chi connectivity index (χ0n) is 10.7. The third kappa shape index (κ3) is 3.43. The van der Waals surface area contributed by atoms with Gasteiger partial charge in [-0.15, -0.1) is 0 Å². The molecule has 0 saturated carbocycles. The van der Waals surface area contributed by atoms with Crippen molar-refractivity contribution in [3.63, 3.8) is 0 Å². The minimum atomic E-state index is -0.0623. The van der Waals surface area contributed by atoms with E-state index >= 15 is 0 Å². The Kier molecular flexibility index (Phi) is 4.54. The number of nitrogens with one attached hydrogen (secondary N) is 2. The van der Waals surface area contributed by atoms with E-state index in [0.29, 0.717) is 28.3 Å². The average Bonchev–Trinajstić information content (AvgIpc) is 2.57. The van der Waals surface area contributed by atoms with Crippen LogP contribution in [0.3, 0.4) is 0 Å². The van der Waals surface area contributed by atoms with Crippen LogP contribution in [0.5, 0.6) is 0 Å². The molecule has 0 spiro atoms. The van der Waals surface area contributed by atoms with Gasteiger partial charge >= 0.3 is 0 Å². The van der Waals surface area contributed by atoms with Crippen molar-refractivity contribution in [2.45, 2.75) is 38.6 Å². The Hall–Kier alpha value is -1.14. The summed E-state index contributed by atoms with van der Waals surface area (Å²) < 4.78 is 0. The van der Waals surface area contributed by atoms with Crippen molar-refractivity contribution in [3.8, 4) is 0 Å². The summed E-state index contributed by atoms with van der Waals surface area (Å²) in [6.45, 7) is 3.54. The number of rotatable bonds is 3. The molecular weight excluding hydrogens is 248 g/mol. The van der Waals surface area contributed by atoms with E-state index in [1.807, 2.05) is 6.92 Å². The normalized spacial score (nSPS) is 20.4. The van der Waals surface area contributed by atoms with Gasteiger partial charge in [0.1, 0.15) is 4.88 Å². The van der Waals surface area contributed by atoms with Gasteiger partial charge in [0.15, 0.2) is 5.13 Å². The highest BCUT2D eigenvalue weighted by molar-refractivity contribution is 7.17. The molecule has 5 nitrogen and oxygen atoms in total. The van der Waals surface area contributed by atoms with Gasteiger partial charge in [-0.1, -0.05) is 24.2 Å². The molecule has 1 atom stereocenters. The van der Waals surface area contributed by atoms with E-state index in [-0.39, 0.29) is 5.91 Å². The summed E-state index contributed by atoms with van der Waals surface area (Å²) in [5.74, 6) is -0.0623. The molecule has 0 radical (unpaired) electrons. The highest BCUT2D eigenvalue weighted by Gasteiger charge is 2.16. The lowest BCUT2D eigenvalue weighted by atomic mass is 10.1. The van der Waals surface area contributed by atoms with Crippen LogP contribution in [-0.4, -0.2) is 30.0 Å². The Morgan fingerprint density at radius 2 is 2.39 bits per heavy atom. The van der Waals surface area contributed by atoms with Crippen LogP contribution >= 0.6 is 11.3 Å². The summed E-state index contributed by atoms with van der Waals surface area (Å²) >= 11 is 1.25. The summed E-state index contributed by atoms with van der Waals surface area (Å²) in [5.41, 5.74) is 6.30. The molecule has 2 heterocycles. The number of nitrogens with zero attached hydrogens (tertiary/aromatic N) is 1. The molecule has 0 aliphatic carbocycles. The first kappa shape index (κ1) is 13.3. The summed E-state index contributed by atoms with van der Waals surface area (Å²) in [4.78, 5) is 16.7. The predicted octanol–water partition coefficient (Wildman–Crippen LogP) is 1.30. The molecule has 18 heavy (non-hydrogen) atoms. The number of nitrogens with two attached hydrogens (primary N) is 1. The maximum Gasteiger partial charge on any atom is 0.263 e. The van der Waals surface area contributed by atoms with Crippen LogP contribution in [0.4, 0.5) is 5.13 Å². The second-order valence-corrected chi connectivity index (χ2v) is 5.71. The first-order valence-corrected chi connectivity index (χ1v) is 7.23. The summed E-state index contributed by atoms with van der Waals surface area (Å²) in [6, 6.07) is 0.391. The third-order valence-corrected chi connectivity index (χ3v) is 4.18. The fourth-order valence-electron chi connectivity index (χ4n) is 2.20. The monoisotopic (exact) mass is 268 g/mol. The summed E-state index contributed by atoms with van der Waals surface area (Å²) in [7, 11) is 0. The van der Waals surface area contributed by atoms with Gasteiger partial charge in [-0.2, -0.15) is 0 Å². The van der Waals surface area contributed by atoms with Gasteiger partial charge in [0.25, 0.3) is 5.91 Å². The zero-order chi connectivity index (χ0) is 13.0. The number of aryl methyl sites for hydroxylation is 1. The highest BCUT2D eigenvalue weighted by atomic mass is 32.1. The molecule has 1 aliphatic rings. The molecule has 1 saturated heterocycles. The van der Waals surface area contributed by atoms with Crippen LogP contribution in [0, 0.1) is 6.92 Å². The van der Waals surface area contributed by atoms with Crippen molar-refractivity contribution in [1.82, 2.24) is 15.6 Å². The van der Waals surface area contributed by atoms with Crippen LogP contribution in [0.25, 0.3) is 0 Å². The van der Waals surface area contributed by atoms with E-state index in [1.54, 1.807) is 0 Å². The first-order valence-electron chi connectivity index (χ1n) is 6.41. The number of hydrogen-bond donors (Lipinski definition) is 3. The van der Waals surface area contributed by atoms with Gasteiger partial charge in [-0.3, -0.25) is 4.79 Å². The predicted molar refractivity (Wildman–Crippen MR) is 73.9 cm³/mol. The Balaban J connectivity index is 1.85. The molecule has 2 rings (SSSR count). The first-order chi connectivity index (χ1) is 8.66. The van der Waals surface area contributed by atoms with E-state index in [4.69, 9.17) is 5.73 Å². The largest absolute Gasteiger partial charge is 0.375 e. The standard InChI is InChI=1S/C12H20N4OS/c1-8-10(18-12(13)16-8)11(17)15-7-9-5-3-2-4-6-14-9/h9,14H,2-7H2,1H3,(H2,13,16)(H,15,17)/t9-/m1/s1. The number of amides is 1. The van der Waals surface area contributed by atoms with Crippen molar-refractivity contribution < 1.29 is 4.79 Å². The van der Waals surface area contributed by atoms with Crippen LogP contribution in [-0.2, 0) is 0 Å². The third-order valence-electron chi connectivity index (χ3n) is 3.19. The fourth-order valence-corrected chi connectivity index (χ4v) is 2.95. The number of hydrogen-bond acceptors (Lipinski definition) is 5. The Bertz CT molecular complexity index is 410. The zero-order valence-corrected chi connectivity index (χ0v) is 11.5.